The van der Waals surface area contributed by atoms with E-state index in [0.717, 1.165) is 48.7 Å². The van der Waals surface area contributed by atoms with Crippen molar-refractivity contribution in [1.82, 2.24) is 9.55 Å². The van der Waals surface area contributed by atoms with E-state index in [1.807, 2.05) is 18.2 Å². The van der Waals surface area contributed by atoms with E-state index in [4.69, 9.17) is 4.98 Å². The van der Waals surface area contributed by atoms with Crippen molar-refractivity contribution in [3.63, 3.8) is 0 Å². The van der Waals surface area contributed by atoms with Crippen LogP contribution in [0.15, 0.2) is 64.5 Å². The van der Waals surface area contributed by atoms with E-state index in [2.05, 4.69) is 5.32 Å². The normalized spacial score (nSPS) is 13.3. The number of rotatable bonds is 5. The first-order valence-corrected chi connectivity index (χ1v) is 12.3. The summed E-state index contributed by atoms with van der Waals surface area (Å²) in [6.07, 6.45) is -1.69. The number of benzene rings is 2. The Morgan fingerprint density at radius 3 is 2.68 bits per heavy atom. The molecular weight excluding hydrogens is 483 g/mol. The predicted octanol–water partition coefficient (Wildman–Crippen LogP) is 5.69. The van der Waals surface area contributed by atoms with Gasteiger partial charge in [-0.15, -0.1) is 11.3 Å². The Morgan fingerprint density at radius 2 is 1.91 bits per heavy atom. The molecule has 5 nitrogen and oxygen atoms in total. The highest BCUT2D eigenvalue weighted by Gasteiger charge is 2.30. The second-order valence-electron chi connectivity index (χ2n) is 7.82. The molecule has 0 saturated carbocycles. The fourth-order valence-corrected chi connectivity index (χ4v) is 6.14. The minimum atomic E-state index is -4.50. The van der Waals surface area contributed by atoms with Gasteiger partial charge in [0.05, 0.1) is 22.4 Å². The molecule has 0 radical (unpaired) electrons. The minimum absolute atomic E-state index is 0.0546. The first-order chi connectivity index (χ1) is 16.3. The maximum Gasteiger partial charge on any atom is 0.416 e. The van der Waals surface area contributed by atoms with Crippen molar-refractivity contribution >= 4 is 44.9 Å². The molecule has 0 saturated heterocycles. The van der Waals surface area contributed by atoms with Crippen LogP contribution in [0.4, 0.5) is 18.9 Å². The molecule has 0 fully saturated rings. The molecule has 2 aromatic carbocycles. The van der Waals surface area contributed by atoms with Crippen molar-refractivity contribution in [3.05, 3.63) is 81.0 Å². The first kappa shape index (κ1) is 22.7. The lowest BCUT2D eigenvalue weighted by molar-refractivity contribution is -0.137. The number of nitrogens with one attached hydrogen (secondary N) is 1. The fraction of sp³-hybridized carbons (Fsp3) is 0.208. The Bertz CT molecular complexity index is 1450. The molecule has 174 valence electrons. The molecule has 1 aliphatic rings. The smallest absolute Gasteiger partial charge is 0.325 e. The highest BCUT2D eigenvalue weighted by molar-refractivity contribution is 7.99. The lowest BCUT2D eigenvalue weighted by Gasteiger charge is -2.13. The number of halogens is 3. The Balaban J connectivity index is 1.45. The van der Waals surface area contributed by atoms with Crippen LogP contribution in [0.25, 0.3) is 15.9 Å². The van der Waals surface area contributed by atoms with Gasteiger partial charge in [0, 0.05) is 10.6 Å². The zero-order valence-corrected chi connectivity index (χ0v) is 19.3. The molecule has 10 heteroatoms. The van der Waals surface area contributed by atoms with Gasteiger partial charge in [-0.3, -0.25) is 14.2 Å². The quantitative estimate of drug-likeness (QED) is 0.282. The maximum atomic E-state index is 13.5. The van der Waals surface area contributed by atoms with Crippen molar-refractivity contribution in [3.8, 4) is 5.69 Å². The molecule has 1 aliphatic carbocycles. The number of anilines is 1. The number of carbonyl (C=O) groups excluding carboxylic acids is 1. The summed E-state index contributed by atoms with van der Waals surface area (Å²) in [5, 5.41) is 3.50. The Hall–Kier alpha value is -3.11. The number of aromatic nitrogens is 2. The van der Waals surface area contributed by atoms with Crippen LogP contribution in [0, 0.1) is 0 Å². The minimum Gasteiger partial charge on any atom is -0.325 e. The van der Waals surface area contributed by atoms with E-state index in [1.165, 1.54) is 32.9 Å². The Labute approximate surface area is 200 Å². The number of aryl methyl sites for hydroxylation is 2. The van der Waals surface area contributed by atoms with Crippen LogP contribution in [0.5, 0.6) is 0 Å². The largest absolute Gasteiger partial charge is 0.416 e. The van der Waals surface area contributed by atoms with Crippen molar-refractivity contribution in [2.45, 2.75) is 30.6 Å². The molecule has 0 atom stereocenters. The third-order valence-corrected chi connectivity index (χ3v) is 7.65. The van der Waals surface area contributed by atoms with Crippen molar-refractivity contribution in [1.29, 1.82) is 0 Å². The van der Waals surface area contributed by atoms with E-state index < -0.39 is 17.6 Å². The second-order valence-corrected chi connectivity index (χ2v) is 9.85. The molecule has 4 aromatic rings. The summed E-state index contributed by atoms with van der Waals surface area (Å²) in [5.74, 6) is -0.612. The number of alkyl halides is 3. The molecule has 0 spiro atoms. The molecule has 1 N–H and O–H groups in total. The van der Waals surface area contributed by atoms with Crippen LogP contribution in [0.1, 0.15) is 22.4 Å². The Morgan fingerprint density at radius 1 is 1.12 bits per heavy atom. The molecule has 1 amide bonds. The number of fused-ring (bicyclic) bond motifs is 3. The molecule has 5 rings (SSSR count). The van der Waals surface area contributed by atoms with Gasteiger partial charge in [-0.25, -0.2) is 4.98 Å². The van der Waals surface area contributed by atoms with Crippen LogP contribution in [-0.2, 0) is 23.8 Å². The van der Waals surface area contributed by atoms with Crippen molar-refractivity contribution in [2.24, 2.45) is 0 Å². The van der Waals surface area contributed by atoms with Crippen LogP contribution >= 0.6 is 23.1 Å². The lowest BCUT2D eigenvalue weighted by Crippen LogP contribution is -2.23. The van der Waals surface area contributed by atoms with Gasteiger partial charge in [-0.05, 0) is 55.2 Å². The van der Waals surface area contributed by atoms with Gasteiger partial charge in [-0.2, -0.15) is 13.2 Å². The first-order valence-electron chi connectivity index (χ1n) is 10.5. The molecule has 2 heterocycles. The molecule has 0 unspecified atom stereocenters. The zero-order chi connectivity index (χ0) is 23.9. The van der Waals surface area contributed by atoms with Crippen LogP contribution < -0.4 is 10.9 Å². The molecule has 0 aliphatic heterocycles. The van der Waals surface area contributed by atoms with Gasteiger partial charge in [-0.1, -0.05) is 36.0 Å². The molecule has 34 heavy (non-hydrogen) atoms. The van der Waals surface area contributed by atoms with Gasteiger partial charge in [0.25, 0.3) is 5.56 Å². The molecular formula is C24H18F3N3O2S2. The standard InChI is InChI=1S/C24H18F3N3O2S2/c25-24(26,27)14-6-4-7-15(12-14)28-19(31)13-33-23-29-21-20(17-10-5-11-18(17)34-21)22(32)30(23)16-8-2-1-3-9-16/h1-4,6-9,12H,5,10-11,13H2,(H,28,31). The summed E-state index contributed by atoms with van der Waals surface area (Å²) in [4.78, 5) is 32.6. The summed E-state index contributed by atoms with van der Waals surface area (Å²) in [5.41, 5.74) is 0.755. The van der Waals surface area contributed by atoms with Gasteiger partial charge in [0.1, 0.15) is 4.83 Å². The summed E-state index contributed by atoms with van der Waals surface area (Å²) in [6.45, 7) is 0. The average molecular weight is 502 g/mol. The maximum absolute atomic E-state index is 13.5. The number of hydrogen-bond donors (Lipinski definition) is 1. The highest BCUT2D eigenvalue weighted by Crippen LogP contribution is 2.36. The number of carbonyl (C=O) groups is 1. The van der Waals surface area contributed by atoms with Crippen LogP contribution in [-0.4, -0.2) is 21.2 Å². The number of nitrogens with zero attached hydrogens (tertiary/aromatic N) is 2. The fourth-order valence-electron chi connectivity index (χ4n) is 4.03. The summed E-state index contributed by atoms with van der Waals surface area (Å²) >= 11 is 2.59. The van der Waals surface area contributed by atoms with Gasteiger partial charge in [0.2, 0.25) is 5.91 Å². The van der Waals surface area contributed by atoms with Gasteiger partial charge >= 0.3 is 6.18 Å². The van der Waals surface area contributed by atoms with Crippen LogP contribution in [0.2, 0.25) is 0 Å². The number of amides is 1. The molecule has 0 bridgehead atoms. The summed E-state index contributed by atoms with van der Waals surface area (Å²) < 4.78 is 40.4. The number of thiophene rings is 1. The van der Waals surface area contributed by atoms with E-state index in [0.29, 0.717) is 21.1 Å². The topological polar surface area (TPSA) is 64.0 Å². The van der Waals surface area contributed by atoms with Crippen molar-refractivity contribution < 1.29 is 18.0 Å². The van der Waals surface area contributed by atoms with E-state index in [-0.39, 0.29) is 17.0 Å². The predicted molar refractivity (Wildman–Crippen MR) is 128 cm³/mol. The van der Waals surface area contributed by atoms with E-state index in [1.54, 1.807) is 12.1 Å². The summed E-state index contributed by atoms with van der Waals surface area (Å²) in [6, 6.07) is 13.6. The number of thioether (sulfide) groups is 1. The van der Waals surface area contributed by atoms with Gasteiger partial charge < -0.3 is 5.32 Å². The zero-order valence-electron chi connectivity index (χ0n) is 17.7. The lowest BCUT2D eigenvalue weighted by atomic mass is 10.2. The number of hydrogen-bond acceptors (Lipinski definition) is 5. The average Bonchev–Trinajstić information content (AvgIpc) is 3.39. The van der Waals surface area contributed by atoms with Crippen molar-refractivity contribution in [2.75, 3.05) is 11.1 Å². The highest BCUT2D eigenvalue weighted by atomic mass is 32.2. The monoisotopic (exact) mass is 501 g/mol. The third-order valence-electron chi connectivity index (χ3n) is 5.53. The third kappa shape index (κ3) is 4.35. The molecule has 2 aromatic heterocycles. The van der Waals surface area contributed by atoms with Gasteiger partial charge in [0.15, 0.2) is 5.16 Å². The summed E-state index contributed by atoms with van der Waals surface area (Å²) in [7, 11) is 0. The number of para-hydroxylation sites is 1. The SMILES string of the molecule is O=C(CSc1nc2sc3c(c2c(=O)n1-c1ccccc1)CCC3)Nc1cccc(C(F)(F)F)c1. The second kappa shape index (κ2) is 8.92. The van der Waals surface area contributed by atoms with E-state index >= 15 is 0 Å². The van der Waals surface area contributed by atoms with E-state index in [9.17, 15) is 22.8 Å². The van der Waals surface area contributed by atoms with Crippen LogP contribution in [0.3, 0.4) is 0 Å². The Kier molecular flexibility index (Phi) is 5.95.